The lowest BCUT2D eigenvalue weighted by molar-refractivity contribution is -0.120. The minimum absolute atomic E-state index is 0.139. The SMILES string of the molecule is COc1ccc(/C=N\NC(=O)Cc2ccc(F)cc2)cc1CN1CCCc2ccccc21. The van der Waals surface area contributed by atoms with Crippen molar-refractivity contribution >= 4 is 17.8 Å². The van der Waals surface area contributed by atoms with E-state index in [4.69, 9.17) is 4.74 Å². The molecular formula is C26H26FN3O2. The Morgan fingerprint density at radius 2 is 1.97 bits per heavy atom. The molecule has 0 atom stereocenters. The van der Waals surface area contributed by atoms with Crippen LogP contribution in [0.4, 0.5) is 10.1 Å². The number of hydrazone groups is 1. The molecule has 1 aliphatic rings. The van der Waals surface area contributed by atoms with Crippen LogP contribution >= 0.6 is 0 Å². The van der Waals surface area contributed by atoms with Gasteiger partial charge in [-0.15, -0.1) is 0 Å². The molecule has 3 aromatic rings. The van der Waals surface area contributed by atoms with E-state index in [0.717, 1.165) is 48.4 Å². The summed E-state index contributed by atoms with van der Waals surface area (Å²) in [7, 11) is 1.67. The Balaban J connectivity index is 1.43. The van der Waals surface area contributed by atoms with E-state index in [1.54, 1.807) is 25.5 Å². The lowest BCUT2D eigenvalue weighted by atomic mass is 10.0. The predicted octanol–water partition coefficient (Wildman–Crippen LogP) is 4.48. The van der Waals surface area contributed by atoms with Gasteiger partial charge in [0.15, 0.2) is 0 Å². The van der Waals surface area contributed by atoms with Crippen molar-refractivity contribution in [3.63, 3.8) is 0 Å². The number of hydrogen-bond acceptors (Lipinski definition) is 4. The van der Waals surface area contributed by atoms with Crippen LogP contribution in [0.15, 0.2) is 71.8 Å². The normalized spacial score (nSPS) is 13.1. The monoisotopic (exact) mass is 431 g/mol. The van der Waals surface area contributed by atoms with Gasteiger partial charge in [-0.1, -0.05) is 30.3 Å². The van der Waals surface area contributed by atoms with Gasteiger partial charge >= 0.3 is 0 Å². The zero-order valence-electron chi connectivity index (χ0n) is 18.1. The van der Waals surface area contributed by atoms with E-state index in [-0.39, 0.29) is 18.1 Å². The van der Waals surface area contributed by atoms with Crippen molar-refractivity contribution in [3.05, 3.63) is 94.8 Å². The van der Waals surface area contributed by atoms with Crippen molar-refractivity contribution in [2.45, 2.75) is 25.8 Å². The second-order valence-electron chi connectivity index (χ2n) is 7.82. The van der Waals surface area contributed by atoms with Gasteiger partial charge in [-0.25, -0.2) is 9.82 Å². The molecule has 0 aromatic heterocycles. The summed E-state index contributed by atoms with van der Waals surface area (Å²) in [5, 5.41) is 4.08. The van der Waals surface area contributed by atoms with Gasteiger partial charge in [0.2, 0.25) is 5.91 Å². The van der Waals surface area contributed by atoms with E-state index in [0.29, 0.717) is 0 Å². The molecule has 0 saturated heterocycles. The summed E-state index contributed by atoms with van der Waals surface area (Å²) in [6.07, 6.45) is 3.99. The average Bonchev–Trinajstić information content (AvgIpc) is 2.81. The number of nitrogens with one attached hydrogen (secondary N) is 1. The highest BCUT2D eigenvalue weighted by molar-refractivity contribution is 5.83. The van der Waals surface area contributed by atoms with Crippen LogP contribution in [0.5, 0.6) is 5.75 Å². The second kappa shape index (κ2) is 10.1. The highest BCUT2D eigenvalue weighted by atomic mass is 19.1. The van der Waals surface area contributed by atoms with E-state index < -0.39 is 0 Å². The van der Waals surface area contributed by atoms with Crippen LogP contribution in [-0.2, 0) is 24.2 Å². The highest BCUT2D eigenvalue weighted by Crippen LogP contribution is 2.30. The Morgan fingerprint density at radius 3 is 2.78 bits per heavy atom. The standard InChI is InChI=1S/C26H26FN3O2/c1-32-25-13-10-20(17-28-29-26(31)16-19-8-11-23(27)12-9-19)15-22(25)18-30-14-4-6-21-5-2-3-7-24(21)30/h2-3,5,7-13,15,17H,4,6,14,16,18H2,1H3,(H,29,31)/b28-17-. The van der Waals surface area contributed by atoms with Gasteiger partial charge in [-0.3, -0.25) is 4.79 Å². The maximum atomic E-state index is 13.0. The lowest BCUT2D eigenvalue weighted by Crippen LogP contribution is -2.29. The molecule has 1 N–H and O–H groups in total. The van der Waals surface area contributed by atoms with Crippen LogP contribution in [0.2, 0.25) is 0 Å². The van der Waals surface area contributed by atoms with Gasteiger partial charge in [0.05, 0.1) is 19.7 Å². The fraction of sp³-hybridized carbons (Fsp3) is 0.231. The minimum Gasteiger partial charge on any atom is -0.496 e. The number of benzene rings is 3. The molecule has 1 heterocycles. The number of amides is 1. The van der Waals surface area contributed by atoms with E-state index in [9.17, 15) is 9.18 Å². The number of anilines is 1. The van der Waals surface area contributed by atoms with Crippen molar-refractivity contribution in [1.29, 1.82) is 0 Å². The maximum Gasteiger partial charge on any atom is 0.244 e. The van der Waals surface area contributed by atoms with Crippen LogP contribution in [0.1, 0.15) is 28.7 Å². The van der Waals surface area contributed by atoms with Crippen molar-refractivity contribution in [2.75, 3.05) is 18.6 Å². The summed E-state index contributed by atoms with van der Waals surface area (Å²) >= 11 is 0. The van der Waals surface area contributed by atoms with Gasteiger partial charge in [0.25, 0.3) is 0 Å². The summed E-state index contributed by atoms with van der Waals surface area (Å²) in [4.78, 5) is 14.5. The molecule has 0 fully saturated rings. The Bertz CT molecular complexity index is 1110. The molecule has 5 nitrogen and oxygen atoms in total. The number of carbonyl (C=O) groups excluding carboxylic acids is 1. The van der Waals surface area contributed by atoms with Gasteiger partial charge in [-0.05, 0) is 65.9 Å². The third-order valence-corrected chi connectivity index (χ3v) is 5.55. The van der Waals surface area contributed by atoms with Crippen LogP contribution in [0.3, 0.4) is 0 Å². The molecule has 1 amide bonds. The second-order valence-corrected chi connectivity index (χ2v) is 7.82. The predicted molar refractivity (Wildman–Crippen MR) is 125 cm³/mol. The average molecular weight is 432 g/mol. The molecule has 0 unspecified atom stereocenters. The summed E-state index contributed by atoms with van der Waals surface area (Å²) < 4.78 is 18.6. The zero-order chi connectivity index (χ0) is 22.3. The van der Waals surface area contributed by atoms with E-state index in [2.05, 4.69) is 39.7 Å². The van der Waals surface area contributed by atoms with Crippen molar-refractivity contribution in [1.82, 2.24) is 5.43 Å². The zero-order valence-corrected chi connectivity index (χ0v) is 18.1. The number of carbonyl (C=O) groups is 1. The molecular weight excluding hydrogens is 405 g/mol. The van der Waals surface area contributed by atoms with Gasteiger partial charge in [0.1, 0.15) is 11.6 Å². The molecule has 4 rings (SSSR count). The number of halogens is 1. The van der Waals surface area contributed by atoms with Crippen LogP contribution in [0.25, 0.3) is 0 Å². The van der Waals surface area contributed by atoms with Crippen molar-refractivity contribution < 1.29 is 13.9 Å². The summed E-state index contributed by atoms with van der Waals surface area (Å²) in [5.41, 5.74) is 7.84. The molecule has 6 heteroatoms. The lowest BCUT2D eigenvalue weighted by Gasteiger charge is -2.31. The first-order chi connectivity index (χ1) is 15.6. The molecule has 0 spiro atoms. The number of para-hydroxylation sites is 1. The quantitative estimate of drug-likeness (QED) is 0.443. The third kappa shape index (κ3) is 5.32. The molecule has 0 saturated carbocycles. The van der Waals surface area contributed by atoms with Crippen molar-refractivity contribution in [2.24, 2.45) is 5.10 Å². The molecule has 164 valence electrons. The number of nitrogens with zero attached hydrogens (tertiary/aromatic N) is 2. The highest BCUT2D eigenvalue weighted by Gasteiger charge is 2.18. The fourth-order valence-corrected chi connectivity index (χ4v) is 3.99. The van der Waals surface area contributed by atoms with E-state index in [1.807, 2.05) is 18.2 Å². The summed E-state index contributed by atoms with van der Waals surface area (Å²) in [6, 6.07) is 20.2. The largest absolute Gasteiger partial charge is 0.496 e. The summed E-state index contributed by atoms with van der Waals surface area (Å²) in [6.45, 7) is 1.73. The Morgan fingerprint density at radius 1 is 1.16 bits per heavy atom. The maximum absolute atomic E-state index is 13.0. The third-order valence-electron chi connectivity index (χ3n) is 5.55. The van der Waals surface area contributed by atoms with E-state index in [1.165, 1.54) is 23.4 Å². The van der Waals surface area contributed by atoms with Gasteiger partial charge < -0.3 is 9.64 Å². The first-order valence-electron chi connectivity index (χ1n) is 10.7. The minimum atomic E-state index is -0.324. The van der Waals surface area contributed by atoms with Crippen LogP contribution in [-0.4, -0.2) is 25.8 Å². The first-order valence-corrected chi connectivity index (χ1v) is 10.7. The Kier molecular flexibility index (Phi) is 6.80. The molecule has 0 bridgehead atoms. The first kappa shape index (κ1) is 21.6. The molecule has 1 aliphatic heterocycles. The number of methoxy groups -OCH3 is 1. The van der Waals surface area contributed by atoms with Crippen LogP contribution < -0.4 is 15.1 Å². The Hall–Kier alpha value is -3.67. The van der Waals surface area contributed by atoms with Gasteiger partial charge in [0, 0.05) is 24.3 Å². The van der Waals surface area contributed by atoms with E-state index >= 15 is 0 Å². The fourth-order valence-electron chi connectivity index (χ4n) is 3.99. The number of aryl methyl sites for hydroxylation is 1. The Labute approximate surface area is 187 Å². The van der Waals surface area contributed by atoms with Crippen LogP contribution in [0, 0.1) is 5.82 Å². The number of fused-ring (bicyclic) bond motifs is 1. The summed E-state index contributed by atoms with van der Waals surface area (Å²) in [5.74, 6) is 0.243. The molecule has 32 heavy (non-hydrogen) atoms. The number of ether oxygens (including phenoxy) is 1. The molecule has 0 radical (unpaired) electrons. The molecule has 0 aliphatic carbocycles. The van der Waals surface area contributed by atoms with Crippen molar-refractivity contribution in [3.8, 4) is 5.75 Å². The number of hydrogen-bond donors (Lipinski definition) is 1. The molecule has 3 aromatic carbocycles. The smallest absolute Gasteiger partial charge is 0.244 e. The van der Waals surface area contributed by atoms with Gasteiger partial charge in [-0.2, -0.15) is 5.10 Å². The topological polar surface area (TPSA) is 53.9 Å². The number of rotatable bonds is 7.